The Bertz CT molecular complexity index is 133. The molecule has 1 aliphatic heterocycles. The Morgan fingerprint density at radius 3 is 1.67 bits per heavy atom. The van der Waals surface area contributed by atoms with Gasteiger partial charge in [-0.25, -0.2) is 0 Å². The molecule has 1 heterocycles. The summed E-state index contributed by atoms with van der Waals surface area (Å²) < 4.78 is 2.39. The van der Waals surface area contributed by atoms with Crippen LogP contribution in [0.1, 0.15) is 0 Å². The molecule has 0 aromatic rings. The van der Waals surface area contributed by atoms with Crippen molar-refractivity contribution in [2.24, 2.45) is 0 Å². The molecule has 0 atom stereocenters. The molecular formula is C8H21N6Tl. The van der Waals surface area contributed by atoms with Crippen LogP contribution < -0.4 is 26.6 Å². The van der Waals surface area contributed by atoms with Gasteiger partial charge in [0.15, 0.2) is 0 Å². The average Bonchev–Trinajstić information content (AvgIpc) is 2.24. The van der Waals surface area contributed by atoms with E-state index in [1.54, 1.807) is 0 Å². The van der Waals surface area contributed by atoms with Crippen LogP contribution in [0.3, 0.4) is 0 Å². The summed E-state index contributed by atoms with van der Waals surface area (Å²) in [6.07, 6.45) is 0. The van der Waals surface area contributed by atoms with Crippen molar-refractivity contribution in [2.75, 3.05) is 52.9 Å². The third-order valence-corrected chi connectivity index (χ3v) is 3.51. The summed E-state index contributed by atoms with van der Waals surface area (Å²) in [6.45, 7) is 7.82. The Kier molecular flexibility index (Phi) is 9.05. The molecular weight excluding hydrogens is 385 g/mol. The van der Waals surface area contributed by atoms with E-state index in [9.17, 15) is 0 Å². The van der Waals surface area contributed by atoms with Crippen LogP contribution in [0.4, 0.5) is 0 Å². The Labute approximate surface area is 108 Å². The summed E-state index contributed by atoms with van der Waals surface area (Å²) in [5.41, 5.74) is 0. The molecule has 5 N–H and O–H groups in total. The maximum atomic E-state index is 3.41. The van der Waals surface area contributed by atoms with Crippen molar-refractivity contribution in [3.8, 4) is 0 Å². The maximum absolute atomic E-state index is 3.41. The molecule has 0 amide bonds. The van der Waals surface area contributed by atoms with E-state index in [0.717, 1.165) is 78.9 Å². The minimum atomic E-state index is 0.869. The van der Waals surface area contributed by atoms with Gasteiger partial charge < -0.3 is 0 Å². The van der Waals surface area contributed by atoms with E-state index < -0.39 is 0 Å². The van der Waals surface area contributed by atoms with Crippen LogP contribution in [0.5, 0.6) is 0 Å². The molecule has 0 aliphatic carbocycles. The molecule has 0 aromatic heterocycles. The first-order chi connectivity index (χ1) is 7.39. The molecule has 0 saturated carbocycles. The van der Waals surface area contributed by atoms with E-state index in [1.807, 2.05) is 0 Å². The summed E-state index contributed by atoms with van der Waals surface area (Å²) in [5.74, 6) is 0. The van der Waals surface area contributed by atoms with Gasteiger partial charge in [0.1, 0.15) is 0 Å². The molecule has 1 fully saturated rings. The molecule has 0 spiro atoms. The number of hydrogen-bond donors (Lipinski definition) is 5. The fraction of sp³-hybridized carbons (Fsp3) is 1.00. The minimum absolute atomic E-state index is 0.869. The zero-order valence-corrected chi connectivity index (χ0v) is 13.7. The quantitative estimate of drug-likeness (QED) is 0.280. The van der Waals surface area contributed by atoms with Crippen LogP contribution in [0.15, 0.2) is 0 Å². The van der Waals surface area contributed by atoms with Crippen LogP contribution in [0.25, 0.3) is 0 Å². The molecule has 1 saturated heterocycles. The molecule has 0 unspecified atom stereocenters. The number of nitrogens with one attached hydrogen (secondary N) is 5. The molecule has 7 heteroatoms. The monoisotopic (exact) mass is 406 g/mol. The van der Waals surface area contributed by atoms with Crippen molar-refractivity contribution >= 4 is 26.1 Å². The van der Waals surface area contributed by atoms with E-state index in [4.69, 9.17) is 0 Å². The van der Waals surface area contributed by atoms with Gasteiger partial charge in [0.25, 0.3) is 0 Å². The predicted octanol–water partition coefficient (Wildman–Crippen LogP) is -2.84. The van der Waals surface area contributed by atoms with Crippen LogP contribution in [0, 0.1) is 0 Å². The number of hydrogen-bond acceptors (Lipinski definition) is 6. The summed E-state index contributed by atoms with van der Waals surface area (Å²) in [7, 11) is 0. The molecule has 1 aliphatic rings. The van der Waals surface area contributed by atoms with Crippen molar-refractivity contribution in [1.82, 2.24) is 29.3 Å². The third-order valence-electron chi connectivity index (χ3n) is 2.09. The van der Waals surface area contributed by atoms with Crippen molar-refractivity contribution in [2.45, 2.75) is 0 Å². The van der Waals surface area contributed by atoms with Crippen molar-refractivity contribution < 1.29 is 0 Å². The molecule has 1 rings (SSSR count). The topological polar surface area (TPSA) is 63.4 Å². The van der Waals surface area contributed by atoms with Crippen molar-refractivity contribution in [3.63, 3.8) is 0 Å². The zero-order chi connectivity index (χ0) is 10.8. The molecule has 15 heavy (non-hydrogen) atoms. The third kappa shape index (κ3) is 8.49. The SMILES string of the molecule is [Tl][N]1CNCCNCNCNCCNC1. The van der Waals surface area contributed by atoms with Gasteiger partial charge in [-0.2, -0.15) is 0 Å². The van der Waals surface area contributed by atoms with Crippen LogP contribution in [-0.4, -0.2) is 81.6 Å². The molecule has 0 aromatic carbocycles. The van der Waals surface area contributed by atoms with E-state index in [-0.39, 0.29) is 0 Å². The van der Waals surface area contributed by atoms with Gasteiger partial charge in [0.05, 0.1) is 0 Å². The van der Waals surface area contributed by atoms with Gasteiger partial charge in [-0.15, -0.1) is 0 Å². The van der Waals surface area contributed by atoms with Gasteiger partial charge >= 0.3 is 108 Å². The van der Waals surface area contributed by atoms with Crippen LogP contribution in [0.2, 0.25) is 0 Å². The van der Waals surface area contributed by atoms with Gasteiger partial charge in [-0.05, 0) is 0 Å². The van der Waals surface area contributed by atoms with Gasteiger partial charge in [-0.1, -0.05) is 0 Å². The number of rotatable bonds is 0. The van der Waals surface area contributed by atoms with Crippen LogP contribution in [-0.2, 0) is 0 Å². The first kappa shape index (κ1) is 13.7. The molecule has 6 nitrogen and oxygen atoms in total. The van der Waals surface area contributed by atoms with Gasteiger partial charge in [0.2, 0.25) is 0 Å². The Hall–Kier alpha value is 0.682. The van der Waals surface area contributed by atoms with Crippen molar-refractivity contribution in [1.29, 1.82) is 0 Å². The zero-order valence-electron chi connectivity index (χ0n) is 9.18. The van der Waals surface area contributed by atoms with Gasteiger partial charge in [-0.3, -0.25) is 0 Å². The number of nitrogens with zero attached hydrogens (tertiary/aromatic N) is 1. The Morgan fingerprint density at radius 2 is 1.13 bits per heavy atom. The fourth-order valence-corrected chi connectivity index (χ4v) is 2.27. The van der Waals surface area contributed by atoms with Crippen LogP contribution >= 0.6 is 0 Å². The Balaban J connectivity index is 2.10. The van der Waals surface area contributed by atoms with E-state index in [1.165, 1.54) is 0 Å². The second-order valence-electron chi connectivity index (χ2n) is 3.51. The second kappa shape index (κ2) is 9.88. The first-order valence-corrected chi connectivity index (χ1v) is 7.43. The molecule has 0 bridgehead atoms. The summed E-state index contributed by atoms with van der Waals surface area (Å²) in [6, 6.07) is 0. The normalized spacial score (nSPS) is 24.5. The summed E-state index contributed by atoms with van der Waals surface area (Å²) >= 11 is 0.894. The second-order valence-corrected chi connectivity index (χ2v) is 6.35. The first-order valence-electron chi connectivity index (χ1n) is 5.43. The standard InChI is InChI=1S/C8H21N6.Tl/c1-2-10-6-14-8-12-4-3-11-7-13-5-9-1;/h9-13H,1-8H2;/q-1;+1. The summed E-state index contributed by atoms with van der Waals surface area (Å²) in [5, 5.41) is 16.7. The van der Waals surface area contributed by atoms with E-state index in [0.29, 0.717) is 0 Å². The molecule has 0 radical (unpaired) electrons. The predicted molar refractivity (Wildman–Crippen MR) is 62.2 cm³/mol. The van der Waals surface area contributed by atoms with E-state index >= 15 is 0 Å². The Morgan fingerprint density at radius 1 is 0.667 bits per heavy atom. The van der Waals surface area contributed by atoms with Crippen molar-refractivity contribution in [3.05, 3.63) is 0 Å². The summed E-state index contributed by atoms with van der Waals surface area (Å²) in [4.78, 5) is 0. The fourth-order valence-electron chi connectivity index (χ4n) is 1.27. The average molecular weight is 406 g/mol. The van der Waals surface area contributed by atoms with Gasteiger partial charge in [0, 0.05) is 0 Å². The van der Waals surface area contributed by atoms with E-state index in [2.05, 4.69) is 29.3 Å². The molecule has 86 valence electrons.